The molecule has 3 amide bonds. The Morgan fingerprint density at radius 3 is 1.95 bits per heavy atom. The monoisotopic (exact) mass is 509 g/mol. The number of nitrogens with zero attached hydrogens (tertiary/aromatic N) is 1. The highest BCUT2D eigenvalue weighted by Crippen LogP contribution is 2.34. The molecule has 0 radical (unpaired) electrons. The van der Waals surface area contributed by atoms with Crippen LogP contribution < -0.4 is 10.6 Å². The SMILES string of the molecule is Cc1ccc(C)c(C(C(=O)Nc2c(C)cccc2C)N(C(=O)C(C)NC(=O)OC(C)(C)C)C(C)(C)C)c1. The maximum absolute atomic E-state index is 14.1. The molecule has 2 aromatic carbocycles. The van der Waals surface area contributed by atoms with Crippen molar-refractivity contribution in [2.24, 2.45) is 0 Å². The average Bonchev–Trinajstić information content (AvgIpc) is 2.73. The van der Waals surface area contributed by atoms with Crippen LogP contribution in [0.5, 0.6) is 0 Å². The van der Waals surface area contributed by atoms with E-state index in [-0.39, 0.29) is 11.8 Å². The number of nitrogens with one attached hydrogen (secondary N) is 2. The molecular formula is C30H43N3O4. The van der Waals surface area contributed by atoms with E-state index in [4.69, 9.17) is 4.74 Å². The lowest BCUT2D eigenvalue weighted by atomic mass is 9.92. The lowest BCUT2D eigenvalue weighted by molar-refractivity contribution is -0.146. The normalized spacial score (nSPS) is 13.4. The van der Waals surface area contributed by atoms with E-state index in [2.05, 4.69) is 10.6 Å². The van der Waals surface area contributed by atoms with Gasteiger partial charge in [0.2, 0.25) is 5.91 Å². The number of benzene rings is 2. The summed E-state index contributed by atoms with van der Waals surface area (Å²) in [5.74, 6) is -0.709. The third-order valence-corrected chi connectivity index (χ3v) is 6.03. The highest BCUT2D eigenvalue weighted by atomic mass is 16.6. The fourth-order valence-corrected chi connectivity index (χ4v) is 4.26. The fourth-order valence-electron chi connectivity index (χ4n) is 4.26. The third kappa shape index (κ3) is 7.81. The third-order valence-electron chi connectivity index (χ3n) is 6.03. The van der Waals surface area contributed by atoms with Gasteiger partial charge in [-0.2, -0.15) is 0 Å². The van der Waals surface area contributed by atoms with Crippen LogP contribution in [0.3, 0.4) is 0 Å². The minimum Gasteiger partial charge on any atom is -0.444 e. The molecule has 0 aliphatic rings. The minimum absolute atomic E-state index is 0.321. The van der Waals surface area contributed by atoms with Gasteiger partial charge < -0.3 is 20.3 Å². The molecular weight excluding hydrogens is 466 g/mol. The Hall–Kier alpha value is -3.35. The van der Waals surface area contributed by atoms with E-state index in [0.717, 1.165) is 33.5 Å². The Balaban J connectivity index is 2.60. The standard InChI is InChI=1S/C30H43N3O4/c1-18-15-16-19(2)23(17-18)25(26(34)32-24-20(3)13-12-14-21(24)4)33(29(6,7)8)27(35)22(5)31-28(36)37-30(9,10)11/h12-17,22,25H,1-11H3,(H,31,36)(H,32,34). The summed E-state index contributed by atoms with van der Waals surface area (Å²) in [5.41, 5.74) is 3.74. The number of alkyl carbamates (subject to hydrolysis) is 1. The number of carbonyl (C=O) groups excluding carboxylic acids is 3. The molecule has 0 spiro atoms. The number of hydrogen-bond acceptors (Lipinski definition) is 4. The predicted octanol–water partition coefficient (Wildman–Crippen LogP) is 6.14. The summed E-state index contributed by atoms with van der Waals surface area (Å²) in [7, 11) is 0. The maximum atomic E-state index is 14.1. The first kappa shape index (κ1) is 29.9. The Kier molecular flexibility index (Phi) is 9.18. The van der Waals surface area contributed by atoms with Crippen LogP contribution in [0.25, 0.3) is 0 Å². The van der Waals surface area contributed by atoms with Crippen LogP contribution in [0.4, 0.5) is 10.5 Å². The molecule has 0 aliphatic carbocycles. The van der Waals surface area contributed by atoms with E-state index < -0.39 is 29.3 Å². The summed E-state index contributed by atoms with van der Waals surface area (Å²) >= 11 is 0. The number of ether oxygens (including phenoxy) is 1. The van der Waals surface area contributed by atoms with Crippen molar-refractivity contribution in [3.63, 3.8) is 0 Å². The second-order valence-electron chi connectivity index (χ2n) is 11.8. The topological polar surface area (TPSA) is 87.7 Å². The molecule has 0 aliphatic heterocycles. The van der Waals surface area contributed by atoms with Crippen molar-refractivity contribution >= 4 is 23.6 Å². The first-order valence-corrected chi connectivity index (χ1v) is 12.7. The predicted molar refractivity (Wildman–Crippen MR) is 149 cm³/mol. The Morgan fingerprint density at radius 2 is 1.43 bits per heavy atom. The van der Waals surface area contributed by atoms with Crippen molar-refractivity contribution in [3.05, 3.63) is 64.2 Å². The number of anilines is 1. The van der Waals surface area contributed by atoms with Gasteiger partial charge in [-0.15, -0.1) is 0 Å². The molecule has 37 heavy (non-hydrogen) atoms. The number of rotatable bonds is 6. The molecule has 0 fully saturated rings. The van der Waals surface area contributed by atoms with Gasteiger partial charge in [0.1, 0.15) is 17.7 Å². The van der Waals surface area contributed by atoms with Gasteiger partial charge in [-0.05, 0) is 98.4 Å². The van der Waals surface area contributed by atoms with Gasteiger partial charge in [0, 0.05) is 11.2 Å². The van der Waals surface area contributed by atoms with Crippen LogP contribution in [0.2, 0.25) is 0 Å². The van der Waals surface area contributed by atoms with Gasteiger partial charge in [0.15, 0.2) is 0 Å². The van der Waals surface area contributed by atoms with E-state index in [1.165, 1.54) is 0 Å². The molecule has 2 atom stereocenters. The van der Waals surface area contributed by atoms with Crippen molar-refractivity contribution in [2.75, 3.05) is 5.32 Å². The van der Waals surface area contributed by atoms with Crippen LogP contribution >= 0.6 is 0 Å². The lowest BCUT2D eigenvalue weighted by Gasteiger charge is -2.43. The Labute approximate surface area is 222 Å². The van der Waals surface area contributed by atoms with Crippen LogP contribution in [0.1, 0.15) is 82.3 Å². The number of para-hydroxylation sites is 1. The van der Waals surface area contributed by atoms with E-state index in [9.17, 15) is 14.4 Å². The largest absolute Gasteiger partial charge is 0.444 e. The van der Waals surface area contributed by atoms with Gasteiger partial charge in [0.25, 0.3) is 5.91 Å². The minimum atomic E-state index is -0.936. The molecule has 7 heteroatoms. The first-order valence-electron chi connectivity index (χ1n) is 12.7. The lowest BCUT2D eigenvalue weighted by Crippen LogP contribution is -2.57. The molecule has 0 heterocycles. The van der Waals surface area contributed by atoms with Gasteiger partial charge in [-0.25, -0.2) is 4.79 Å². The van der Waals surface area contributed by atoms with Crippen molar-refractivity contribution in [1.82, 2.24) is 10.2 Å². The number of hydrogen-bond donors (Lipinski definition) is 2. The molecule has 0 bridgehead atoms. The second-order valence-corrected chi connectivity index (χ2v) is 11.8. The van der Waals surface area contributed by atoms with Gasteiger partial charge in [-0.3, -0.25) is 9.59 Å². The van der Waals surface area contributed by atoms with Crippen molar-refractivity contribution < 1.29 is 19.1 Å². The summed E-state index contributed by atoms with van der Waals surface area (Å²) < 4.78 is 5.36. The first-order chi connectivity index (χ1) is 16.9. The summed E-state index contributed by atoms with van der Waals surface area (Å²) in [4.78, 5) is 42.1. The van der Waals surface area contributed by atoms with Crippen LogP contribution in [-0.2, 0) is 14.3 Å². The summed E-state index contributed by atoms with van der Waals surface area (Å²) in [6, 6.07) is 9.85. The molecule has 2 rings (SSSR count). The molecule has 202 valence electrons. The van der Waals surface area contributed by atoms with Crippen molar-refractivity contribution in [3.8, 4) is 0 Å². The number of aryl methyl sites for hydroxylation is 4. The summed E-state index contributed by atoms with van der Waals surface area (Å²) in [5, 5.41) is 5.74. The fraction of sp³-hybridized carbons (Fsp3) is 0.500. The highest BCUT2D eigenvalue weighted by molar-refractivity contribution is 6.00. The zero-order valence-electron chi connectivity index (χ0n) is 24.2. The maximum Gasteiger partial charge on any atom is 0.408 e. The molecule has 0 saturated carbocycles. The zero-order chi connectivity index (χ0) is 28.3. The molecule has 0 aromatic heterocycles. The van der Waals surface area contributed by atoms with E-state index >= 15 is 0 Å². The van der Waals surface area contributed by atoms with Gasteiger partial charge in [-0.1, -0.05) is 42.0 Å². The molecule has 7 nitrogen and oxygen atoms in total. The van der Waals surface area contributed by atoms with E-state index in [1.54, 1.807) is 32.6 Å². The van der Waals surface area contributed by atoms with Crippen LogP contribution in [-0.4, -0.2) is 40.0 Å². The summed E-state index contributed by atoms with van der Waals surface area (Å²) in [6.07, 6.45) is -0.689. The van der Waals surface area contributed by atoms with Gasteiger partial charge >= 0.3 is 6.09 Å². The number of amides is 3. The Bertz CT molecular complexity index is 1140. The Morgan fingerprint density at radius 1 is 0.865 bits per heavy atom. The zero-order valence-corrected chi connectivity index (χ0v) is 24.2. The smallest absolute Gasteiger partial charge is 0.408 e. The highest BCUT2D eigenvalue weighted by Gasteiger charge is 2.41. The number of carbonyl (C=O) groups is 3. The molecule has 0 saturated heterocycles. The van der Waals surface area contributed by atoms with Crippen LogP contribution in [0, 0.1) is 27.7 Å². The van der Waals surface area contributed by atoms with Crippen molar-refractivity contribution in [1.29, 1.82) is 0 Å². The van der Waals surface area contributed by atoms with Gasteiger partial charge in [0.05, 0.1) is 0 Å². The molecule has 2 N–H and O–H groups in total. The molecule has 2 aromatic rings. The second kappa shape index (κ2) is 11.4. The quantitative estimate of drug-likeness (QED) is 0.490. The van der Waals surface area contributed by atoms with E-state index in [0.29, 0.717) is 0 Å². The van der Waals surface area contributed by atoms with Crippen molar-refractivity contribution in [2.45, 2.75) is 99.4 Å². The van der Waals surface area contributed by atoms with Crippen LogP contribution in [0.15, 0.2) is 36.4 Å². The average molecular weight is 510 g/mol. The molecule has 2 unspecified atom stereocenters. The summed E-state index contributed by atoms with van der Waals surface area (Å²) in [6.45, 7) is 20.3. The van der Waals surface area contributed by atoms with E-state index in [1.807, 2.05) is 84.9 Å².